The van der Waals surface area contributed by atoms with Gasteiger partial charge in [-0.15, -0.1) is 11.8 Å². The predicted molar refractivity (Wildman–Crippen MR) is 86.6 cm³/mol. The molecule has 1 aromatic rings. The minimum Gasteiger partial charge on any atom is -0.468 e. The molecule has 122 valence electrons. The Morgan fingerprint density at radius 1 is 1.32 bits per heavy atom. The number of ketones is 2. The van der Waals surface area contributed by atoms with E-state index in [0.717, 1.165) is 5.76 Å². The average Bonchev–Trinajstić information content (AvgIpc) is 3.13. The molecule has 0 radical (unpaired) electrons. The van der Waals surface area contributed by atoms with Crippen molar-refractivity contribution in [3.8, 4) is 0 Å². The standard InChI is InChI=1S/C17H24O4S/c1-5-14(18)16(6-2)12(4)15(19)17(7-3,21-16)22-11-13-9-8-10-20-13/h8-10,12H,5-7,11H2,1-4H3. The molecule has 1 fully saturated rings. The lowest BCUT2D eigenvalue weighted by Crippen LogP contribution is -2.44. The van der Waals surface area contributed by atoms with Gasteiger partial charge in [-0.05, 0) is 25.0 Å². The maximum absolute atomic E-state index is 12.9. The molecule has 1 saturated heterocycles. The fourth-order valence-electron chi connectivity index (χ4n) is 3.18. The summed E-state index contributed by atoms with van der Waals surface area (Å²) in [4.78, 5) is 24.4. The van der Waals surface area contributed by atoms with Crippen molar-refractivity contribution in [1.29, 1.82) is 0 Å². The van der Waals surface area contributed by atoms with Gasteiger partial charge < -0.3 is 9.15 Å². The highest BCUT2D eigenvalue weighted by Crippen LogP contribution is 2.50. The summed E-state index contributed by atoms with van der Waals surface area (Å²) in [5.74, 6) is 0.992. The Labute approximate surface area is 136 Å². The first-order chi connectivity index (χ1) is 10.5. The van der Waals surface area contributed by atoms with Crippen molar-refractivity contribution in [2.24, 2.45) is 5.92 Å². The van der Waals surface area contributed by atoms with Crippen molar-refractivity contribution in [2.75, 3.05) is 0 Å². The second-order valence-corrected chi connectivity index (χ2v) is 6.92. The molecule has 2 heterocycles. The van der Waals surface area contributed by atoms with Gasteiger partial charge >= 0.3 is 0 Å². The molecule has 3 atom stereocenters. The quantitative estimate of drug-likeness (QED) is 0.759. The van der Waals surface area contributed by atoms with Crippen LogP contribution in [0.4, 0.5) is 0 Å². The highest BCUT2D eigenvalue weighted by atomic mass is 32.2. The zero-order valence-electron chi connectivity index (χ0n) is 13.7. The smallest absolute Gasteiger partial charge is 0.181 e. The highest BCUT2D eigenvalue weighted by molar-refractivity contribution is 8.00. The normalized spacial score (nSPS) is 31.6. The molecule has 0 N–H and O–H groups in total. The van der Waals surface area contributed by atoms with E-state index in [-0.39, 0.29) is 11.6 Å². The summed E-state index contributed by atoms with van der Waals surface area (Å²) in [7, 11) is 0. The van der Waals surface area contributed by atoms with E-state index >= 15 is 0 Å². The molecule has 0 aliphatic carbocycles. The maximum Gasteiger partial charge on any atom is 0.181 e. The number of carbonyl (C=O) groups excluding carboxylic acids is 2. The molecule has 0 amide bonds. The van der Waals surface area contributed by atoms with Crippen LogP contribution in [0, 0.1) is 5.92 Å². The number of thioether (sulfide) groups is 1. The number of furan rings is 1. The fourth-order valence-corrected chi connectivity index (χ4v) is 4.45. The lowest BCUT2D eigenvalue weighted by molar-refractivity contribution is -0.149. The van der Waals surface area contributed by atoms with Gasteiger partial charge in [0.05, 0.1) is 17.9 Å². The van der Waals surface area contributed by atoms with E-state index < -0.39 is 16.5 Å². The van der Waals surface area contributed by atoms with Crippen molar-refractivity contribution >= 4 is 23.3 Å². The Morgan fingerprint density at radius 3 is 2.55 bits per heavy atom. The number of hydrogen-bond donors (Lipinski definition) is 0. The first kappa shape index (κ1) is 17.3. The third kappa shape index (κ3) is 2.65. The summed E-state index contributed by atoms with van der Waals surface area (Å²) in [6.07, 6.45) is 3.06. The second-order valence-electron chi connectivity index (χ2n) is 5.68. The van der Waals surface area contributed by atoms with Crippen LogP contribution in [0.2, 0.25) is 0 Å². The van der Waals surface area contributed by atoms with Crippen molar-refractivity contribution in [2.45, 2.75) is 63.2 Å². The Kier molecular flexibility index (Phi) is 5.17. The molecule has 1 aliphatic heterocycles. The fraction of sp³-hybridized carbons (Fsp3) is 0.647. The van der Waals surface area contributed by atoms with E-state index in [1.807, 2.05) is 39.8 Å². The van der Waals surface area contributed by atoms with Gasteiger partial charge in [-0.25, -0.2) is 0 Å². The van der Waals surface area contributed by atoms with Crippen LogP contribution in [0.3, 0.4) is 0 Å². The van der Waals surface area contributed by atoms with Crippen molar-refractivity contribution < 1.29 is 18.7 Å². The van der Waals surface area contributed by atoms with Crippen molar-refractivity contribution in [1.82, 2.24) is 0 Å². The summed E-state index contributed by atoms with van der Waals surface area (Å²) in [6, 6.07) is 3.70. The molecule has 0 bridgehead atoms. The topological polar surface area (TPSA) is 56.5 Å². The molecule has 1 aromatic heterocycles. The van der Waals surface area contributed by atoms with Crippen LogP contribution in [0.5, 0.6) is 0 Å². The third-order valence-electron chi connectivity index (χ3n) is 4.63. The van der Waals surface area contributed by atoms with Crippen LogP contribution in [-0.2, 0) is 20.1 Å². The van der Waals surface area contributed by atoms with E-state index in [2.05, 4.69) is 0 Å². The van der Waals surface area contributed by atoms with Crippen LogP contribution in [0.15, 0.2) is 22.8 Å². The Morgan fingerprint density at radius 2 is 2.05 bits per heavy atom. The van der Waals surface area contributed by atoms with Crippen LogP contribution in [0.25, 0.3) is 0 Å². The third-order valence-corrected chi connectivity index (χ3v) is 6.10. The second kappa shape index (κ2) is 6.59. The summed E-state index contributed by atoms with van der Waals surface area (Å²) >= 11 is 1.43. The van der Waals surface area contributed by atoms with Gasteiger partial charge in [0.2, 0.25) is 0 Å². The molecule has 0 saturated carbocycles. The Balaban J connectivity index is 2.28. The molecule has 2 rings (SSSR count). The minimum absolute atomic E-state index is 0.0183. The SMILES string of the molecule is CCC(=O)C1(CC)OC(CC)(SCc2ccco2)C(=O)C1C. The molecule has 0 aromatic carbocycles. The van der Waals surface area contributed by atoms with E-state index in [1.165, 1.54) is 11.8 Å². The number of rotatable bonds is 7. The number of ether oxygens (including phenoxy) is 1. The van der Waals surface area contributed by atoms with Gasteiger partial charge in [-0.2, -0.15) is 0 Å². The summed E-state index contributed by atoms with van der Waals surface area (Å²) in [6.45, 7) is 7.49. The number of carbonyl (C=O) groups is 2. The van der Waals surface area contributed by atoms with Gasteiger partial charge in [-0.3, -0.25) is 9.59 Å². The Bertz CT molecular complexity index is 539. The molecule has 5 heteroatoms. The maximum atomic E-state index is 12.9. The molecule has 1 aliphatic rings. The molecular formula is C17H24O4S. The summed E-state index contributed by atoms with van der Waals surface area (Å²) in [5.41, 5.74) is -0.974. The monoisotopic (exact) mass is 324 g/mol. The molecule has 22 heavy (non-hydrogen) atoms. The average molecular weight is 324 g/mol. The number of Topliss-reactive ketones (excluding diaryl/α,β-unsaturated/α-hetero) is 2. The molecule has 0 spiro atoms. The van der Waals surface area contributed by atoms with Crippen molar-refractivity contribution in [3.63, 3.8) is 0 Å². The van der Waals surface area contributed by atoms with Gasteiger partial charge in [-0.1, -0.05) is 27.7 Å². The number of hydrogen-bond acceptors (Lipinski definition) is 5. The first-order valence-electron chi connectivity index (χ1n) is 7.89. The van der Waals surface area contributed by atoms with E-state index in [4.69, 9.17) is 9.15 Å². The van der Waals surface area contributed by atoms with E-state index in [1.54, 1.807) is 6.26 Å². The highest BCUT2D eigenvalue weighted by Gasteiger charge is 2.61. The largest absolute Gasteiger partial charge is 0.468 e. The zero-order valence-corrected chi connectivity index (χ0v) is 14.5. The van der Waals surface area contributed by atoms with Gasteiger partial charge in [0.1, 0.15) is 11.4 Å². The van der Waals surface area contributed by atoms with E-state index in [0.29, 0.717) is 25.0 Å². The Hall–Kier alpha value is -1.07. The zero-order chi connectivity index (χ0) is 16.4. The molecule has 3 unspecified atom stereocenters. The van der Waals surface area contributed by atoms with Gasteiger partial charge in [0, 0.05) is 6.42 Å². The van der Waals surface area contributed by atoms with Crippen molar-refractivity contribution in [3.05, 3.63) is 24.2 Å². The van der Waals surface area contributed by atoms with Crippen LogP contribution in [-0.4, -0.2) is 22.1 Å². The molecular weight excluding hydrogens is 300 g/mol. The van der Waals surface area contributed by atoms with Crippen LogP contribution >= 0.6 is 11.8 Å². The minimum atomic E-state index is -0.974. The predicted octanol–water partition coefficient (Wildman–Crippen LogP) is 3.98. The molecule has 4 nitrogen and oxygen atoms in total. The lowest BCUT2D eigenvalue weighted by Gasteiger charge is -2.32. The van der Waals surface area contributed by atoms with Crippen LogP contribution in [0.1, 0.15) is 52.7 Å². The first-order valence-corrected chi connectivity index (χ1v) is 8.88. The lowest BCUT2D eigenvalue weighted by atomic mass is 9.81. The van der Waals surface area contributed by atoms with Gasteiger partial charge in [0.25, 0.3) is 0 Å². The van der Waals surface area contributed by atoms with Crippen LogP contribution < -0.4 is 0 Å². The summed E-state index contributed by atoms with van der Waals surface area (Å²) in [5, 5.41) is 0. The summed E-state index contributed by atoms with van der Waals surface area (Å²) < 4.78 is 11.6. The van der Waals surface area contributed by atoms with Gasteiger partial charge in [0.15, 0.2) is 16.5 Å². The van der Waals surface area contributed by atoms with E-state index in [9.17, 15) is 9.59 Å².